The number of fused-ring (bicyclic) bond motifs is 3. The molecular formula is C14H10ClN3O2. The summed E-state index contributed by atoms with van der Waals surface area (Å²) in [6.45, 7) is 0. The van der Waals surface area contributed by atoms with Gasteiger partial charge in [-0.05, 0) is 23.8 Å². The molecule has 1 amide bonds. The number of hydrogen-bond donors (Lipinski definition) is 2. The second-order valence-electron chi connectivity index (χ2n) is 4.21. The van der Waals surface area contributed by atoms with E-state index in [2.05, 4.69) is 10.6 Å². The summed E-state index contributed by atoms with van der Waals surface area (Å²) in [5.41, 5.74) is 4.75. The Bertz CT molecular complexity index is 728. The molecule has 2 aromatic rings. The van der Waals surface area contributed by atoms with Crippen molar-refractivity contribution in [3.8, 4) is 16.9 Å². The van der Waals surface area contributed by atoms with Gasteiger partial charge in [0, 0.05) is 16.7 Å². The quantitative estimate of drug-likeness (QED) is 0.480. The van der Waals surface area contributed by atoms with Crippen LogP contribution in [0, 0.1) is 0 Å². The molecule has 1 aliphatic heterocycles. The number of oxime groups is 1. The average Bonchev–Trinajstić information content (AvgIpc) is 2.66. The van der Waals surface area contributed by atoms with E-state index >= 15 is 0 Å². The highest BCUT2D eigenvalue weighted by molar-refractivity contribution is 6.34. The SMILES string of the molecule is NNC(=O)c1cc(Cl)c2c(c1)-c1ccccc1ON=C2. The Balaban J connectivity index is 2.29. The zero-order chi connectivity index (χ0) is 14.1. The van der Waals surface area contributed by atoms with Crippen LogP contribution >= 0.6 is 11.6 Å². The molecule has 0 fully saturated rings. The molecule has 0 atom stereocenters. The van der Waals surface area contributed by atoms with Gasteiger partial charge in [0.25, 0.3) is 5.91 Å². The standard InChI is InChI=1S/C14H10ClN3O2/c15-12-6-8(14(19)18-16)5-10-9-3-1-2-4-13(9)20-17-7-11(10)12/h1-7H,16H2,(H,18,19). The molecule has 0 saturated heterocycles. The summed E-state index contributed by atoms with van der Waals surface area (Å²) in [7, 11) is 0. The molecule has 1 heterocycles. The van der Waals surface area contributed by atoms with E-state index in [0.717, 1.165) is 11.1 Å². The van der Waals surface area contributed by atoms with Gasteiger partial charge in [0.05, 0.1) is 11.2 Å². The van der Waals surface area contributed by atoms with Crippen LogP contribution in [0.1, 0.15) is 15.9 Å². The molecule has 2 aromatic carbocycles. The van der Waals surface area contributed by atoms with Gasteiger partial charge in [-0.2, -0.15) is 0 Å². The minimum Gasteiger partial charge on any atom is -0.356 e. The lowest BCUT2D eigenvalue weighted by Crippen LogP contribution is -2.30. The summed E-state index contributed by atoms with van der Waals surface area (Å²) < 4.78 is 0. The molecule has 6 heteroatoms. The Morgan fingerprint density at radius 1 is 1.25 bits per heavy atom. The summed E-state index contributed by atoms with van der Waals surface area (Å²) in [6.07, 6.45) is 1.53. The van der Waals surface area contributed by atoms with E-state index in [0.29, 0.717) is 21.9 Å². The fraction of sp³-hybridized carbons (Fsp3) is 0. The summed E-state index contributed by atoms with van der Waals surface area (Å²) >= 11 is 6.22. The maximum Gasteiger partial charge on any atom is 0.265 e. The summed E-state index contributed by atoms with van der Waals surface area (Å²) in [5, 5.41) is 4.28. The second kappa shape index (κ2) is 4.96. The number of benzene rings is 2. The molecule has 0 aliphatic carbocycles. The molecule has 0 spiro atoms. The zero-order valence-corrected chi connectivity index (χ0v) is 11.0. The first-order valence-corrected chi connectivity index (χ1v) is 6.23. The highest BCUT2D eigenvalue weighted by Crippen LogP contribution is 2.37. The number of carbonyl (C=O) groups is 1. The lowest BCUT2D eigenvalue weighted by atomic mass is 9.97. The number of amides is 1. The van der Waals surface area contributed by atoms with Crippen molar-refractivity contribution < 1.29 is 9.63 Å². The predicted molar refractivity (Wildman–Crippen MR) is 76.8 cm³/mol. The third-order valence-electron chi connectivity index (χ3n) is 3.03. The molecule has 0 bridgehead atoms. The number of nitrogens with zero attached hydrogens (tertiary/aromatic N) is 1. The minimum atomic E-state index is -0.408. The Morgan fingerprint density at radius 2 is 2.05 bits per heavy atom. The van der Waals surface area contributed by atoms with Gasteiger partial charge in [-0.15, -0.1) is 0 Å². The molecule has 100 valence electrons. The first kappa shape index (κ1) is 12.7. The molecule has 0 saturated carbocycles. The maximum atomic E-state index is 11.7. The largest absolute Gasteiger partial charge is 0.356 e. The van der Waals surface area contributed by atoms with Crippen molar-refractivity contribution in [1.82, 2.24) is 5.43 Å². The summed E-state index contributed by atoms with van der Waals surface area (Å²) in [5.74, 6) is 5.35. The third-order valence-corrected chi connectivity index (χ3v) is 3.35. The fourth-order valence-corrected chi connectivity index (χ4v) is 2.36. The number of carbonyl (C=O) groups excluding carboxylic acids is 1. The number of halogens is 1. The smallest absolute Gasteiger partial charge is 0.265 e. The van der Waals surface area contributed by atoms with Crippen molar-refractivity contribution in [3.63, 3.8) is 0 Å². The van der Waals surface area contributed by atoms with Gasteiger partial charge in [0.2, 0.25) is 0 Å². The number of para-hydroxylation sites is 1. The topological polar surface area (TPSA) is 76.7 Å². The van der Waals surface area contributed by atoms with Gasteiger partial charge in [-0.3, -0.25) is 10.2 Å². The number of nitrogens with two attached hydrogens (primary N) is 1. The minimum absolute atomic E-state index is 0.376. The molecule has 3 rings (SSSR count). The maximum absolute atomic E-state index is 11.7. The molecule has 1 aliphatic rings. The lowest BCUT2D eigenvalue weighted by Gasteiger charge is -2.10. The highest BCUT2D eigenvalue weighted by atomic mass is 35.5. The van der Waals surface area contributed by atoms with Crippen molar-refractivity contribution >= 4 is 23.7 Å². The Hall–Kier alpha value is -2.37. The van der Waals surface area contributed by atoms with Gasteiger partial charge < -0.3 is 4.84 Å². The fourth-order valence-electron chi connectivity index (χ4n) is 2.09. The van der Waals surface area contributed by atoms with Crippen LogP contribution in [0.25, 0.3) is 11.1 Å². The lowest BCUT2D eigenvalue weighted by molar-refractivity contribution is 0.0953. The van der Waals surface area contributed by atoms with E-state index in [1.807, 2.05) is 18.2 Å². The van der Waals surface area contributed by atoms with E-state index in [1.54, 1.807) is 18.2 Å². The van der Waals surface area contributed by atoms with E-state index in [-0.39, 0.29) is 0 Å². The van der Waals surface area contributed by atoms with Crippen LogP contribution in [0.3, 0.4) is 0 Å². The molecule has 0 unspecified atom stereocenters. The number of hydrazine groups is 1. The Labute approximate surface area is 120 Å². The van der Waals surface area contributed by atoms with Crippen LogP contribution in [0.15, 0.2) is 41.6 Å². The zero-order valence-electron chi connectivity index (χ0n) is 10.3. The van der Waals surface area contributed by atoms with E-state index in [9.17, 15) is 4.79 Å². The molecular weight excluding hydrogens is 278 g/mol. The van der Waals surface area contributed by atoms with Crippen molar-refractivity contribution in [2.75, 3.05) is 0 Å². The van der Waals surface area contributed by atoms with E-state index < -0.39 is 5.91 Å². The van der Waals surface area contributed by atoms with Crippen LogP contribution in [0.5, 0.6) is 5.75 Å². The summed E-state index contributed by atoms with van der Waals surface area (Å²) in [6, 6.07) is 10.7. The number of rotatable bonds is 1. The van der Waals surface area contributed by atoms with E-state index in [1.165, 1.54) is 6.21 Å². The van der Waals surface area contributed by atoms with Gasteiger partial charge in [-0.25, -0.2) is 5.84 Å². The second-order valence-corrected chi connectivity index (χ2v) is 4.62. The average molecular weight is 288 g/mol. The molecule has 3 N–H and O–H groups in total. The van der Waals surface area contributed by atoms with Gasteiger partial charge >= 0.3 is 0 Å². The van der Waals surface area contributed by atoms with Gasteiger partial charge in [0.1, 0.15) is 0 Å². The summed E-state index contributed by atoms with van der Waals surface area (Å²) in [4.78, 5) is 17.0. The predicted octanol–water partition coefficient (Wildman–Crippen LogP) is 2.34. The van der Waals surface area contributed by atoms with Crippen LogP contribution < -0.4 is 16.1 Å². The van der Waals surface area contributed by atoms with Crippen molar-refractivity contribution in [2.24, 2.45) is 11.0 Å². The van der Waals surface area contributed by atoms with Crippen molar-refractivity contribution in [3.05, 3.63) is 52.5 Å². The first-order chi connectivity index (χ1) is 9.70. The van der Waals surface area contributed by atoms with Gasteiger partial charge in [0.15, 0.2) is 5.75 Å². The molecule has 20 heavy (non-hydrogen) atoms. The van der Waals surface area contributed by atoms with Crippen molar-refractivity contribution in [1.29, 1.82) is 0 Å². The van der Waals surface area contributed by atoms with Crippen LogP contribution in [-0.2, 0) is 0 Å². The third kappa shape index (κ3) is 2.03. The molecule has 5 nitrogen and oxygen atoms in total. The Morgan fingerprint density at radius 3 is 2.85 bits per heavy atom. The van der Waals surface area contributed by atoms with Crippen LogP contribution in [0.4, 0.5) is 0 Å². The Kier molecular flexibility index (Phi) is 3.14. The first-order valence-electron chi connectivity index (χ1n) is 5.85. The van der Waals surface area contributed by atoms with Crippen LogP contribution in [-0.4, -0.2) is 12.1 Å². The molecule has 0 aromatic heterocycles. The van der Waals surface area contributed by atoms with Gasteiger partial charge in [-0.1, -0.05) is 35.0 Å². The highest BCUT2D eigenvalue weighted by Gasteiger charge is 2.18. The number of hydrogen-bond acceptors (Lipinski definition) is 4. The number of nitrogen functional groups attached to an aromatic ring is 1. The van der Waals surface area contributed by atoms with E-state index in [4.69, 9.17) is 22.3 Å². The van der Waals surface area contributed by atoms with Crippen LogP contribution in [0.2, 0.25) is 5.02 Å². The normalized spacial score (nSPS) is 11.9. The monoisotopic (exact) mass is 287 g/mol. The number of nitrogens with one attached hydrogen (secondary N) is 1. The molecule has 0 radical (unpaired) electrons. The van der Waals surface area contributed by atoms with Crippen molar-refractivity contribution in [2.45, 2.75) is 0 Å².